The maximum absolute atomic E-state index is 13.5. The van der Waals surface area contributed by atoms with Gasteiger partial charge in [0, 0.05) is 32.1 Å². The summed E-state index contributed by atoms with van der Waals surface area (Å²) in [6, 6.07) is 9.39. The number of para-hydroxylation sites is 1. The van der Waals surface area contributed by atoms with E-state index in [4.69, 9.17) is 4.74 Å². The van der Waals surface area contributed by atoms with Crippen molar-refractivity contribution in [1.29, 1.82) is 0 Å². The van der Waals surface area contributed by atoms with Crippen LogP contribution in [-0.2, 0) is 6.18 Å². The number of hydrazone groups is 1. The predicted octanol–water partition coefficient (Wildman–Crippen LogP) is 3.44. The first kappa shape index (κ1) is 20.7. The van der Waals surface area contributed by atoms with Crippen molar-refractivity contribution in [2.75, 3.05) is 25.3 Å². The van der Waals surface area contributed by atoms with Gasteiger partial charge in [-0.15, -0.1) is 0 Å². The predicted molar refractivity (Wildman–Crippen MR) is 111 cm³/mol. The van der Waals surface area contributed by atoms with Crippen LogP contribution >= 0.6 is 0 Å². The molecule has 3 atom stereocenters. The van der Waals surface area contributed by atoms with Crippen LogP contribution in [-0.4, -0.2) is 59.3 Å². The minimum absolute atomic E-state index is 0.0997. The van der Waals surface area contributed by atoms with Gasteiger partial charge in [0.05, 0.1) is 29.4 Å². The highest BCUT2D eigenvalue weighted by Crippen LogP contribution is 2.41. The average Bonchev–Trinajstić information content (AvgIpc) is 3.49. The first-order chi connectivity index (χ1) is 15.3. The zero-order valence-electron chi connectivity index (χ0n) is 17.4. The molecule has 2 bridgehead atoms. The van der Waals surface area contributed by atoms with E-state index in [9.17, 15) is 18.0 Å². The average molecular weight is 445 g/mol. The monoisotopic (exact) mass is 445 g/mol. The molecule has 2 aromatic rings. The molecule has 10 heteroatoms. The van der Waals surface area contributed by atoms with E-state index >= 15 is 0 Å². The molecule has 32 heavy (non-hydrogen) atoms. The number of hydrogen-bond acceptors (Lipinski definition) is 6. The molecule has 7 nitrogen and oxygen atoms in total. The second-order valence-electron chi connectivity index (χ2n) is 8.35. The fourth-order valence-corrected chi connectivity index (χ4v) is 4.73. The van der Waals surface area contributed by atoms with E-state index < -0.39 is 11.7 Å². The Bertz CT molecular complexity index is 1040. The summed E-state index contributed by atoms with van der Waals surface area (Å²) in [7, 11) is 1.90. The van der Waals surface area contributed by atoms with Crippen molar-refractivity contribution in [3.63, 3.8) is 0 Å². The summed E-state index contributed by atoms with van der Waals surface area (Å²) < 4.78 is 44.3. The molecule has 3 heterocycles. The lowest BCUT2D eigenvalue weighted by Crippen LogP contribution is -2.47. The number of piperidine rings is 1. The number of hydrogen-bond donors (Lipinski definition) is 0. The number of hydrazine groups is 1. The van der Waals surface area contributed by atoms with Crippen molar-refractivity contribution in [3.05, 3.63) is 53.7 Å². The van der Waals surface area contributed by atoms with Crippen LogP contribution in [0.5, 0.6) is 5.88 Å². The summed E-state index contributed by atoms with van der Waals surface area (Å²) in [5.41, 5.74) is 0.441. The van der Waals surface area contributed by atoms with E-state index in [0.29, 0.717) is 30.3 Å². The van der Waals surface area contributed by atoms with Crippen LogP contribution < -0.4 is 9.85 Å². The number of anilines is 1. The number of carbonyl (C=O) groups excluding carboxylic acids is 1. The number of aromatic nitrogens is 1. The van der Waals surface area contributed by atoms with Gasteiger partial charge in [-0.25, -0.2) is 4.98 Å². The number of pyridine rings is 1. The fraction of sp³-hybridized carbons (Fsp3) is 0.409. The second kappa shape index (κ2) is 7.77. The van der Waals surface area contributed by atoms with Crippen LogP contribution in [0.25, 0.3) is 0 Å². The number of fused-ring (bicyclic) bond motifs is 2. The zero-order chi connectivity index (χ0) is 22.5. The van der Waals surface area contributed by atoms with E-state index in [2.05, 4.69) is 10.1 Å². The molecule has 0 radical (unpaired) electrons. The molecular weight excluding hydrogens is 423 g/mol. The summed E-state index contributed by atoms with van der Waals surface area (Å²) in [6.07, 6.45) is -0.642. The molecule has 1 saturated heterocycles. The lowest BCUT2D eigenvalue weighted by Gasteiger charge is -2.34. The van der Waals surface area contributed by atoms with Crippen LogP contribution in [0.15, 0.2) is 47.7 Å². The zero-order valence-corrected chi connectivity index (χ0v) is 17.4. The van der Waals surface area contributed by atoms with E-state index in [1.54, 1.807) is 17.4 Å². The molecule has 0 N–H and O–H groups in total. The number of rotatable bonds is 4. The van der Waals surface area contributed by atoms with E-state index in [0.717, 1.165) is 25.1 Å². The van der Waals surface area contributed by atoms with Crippen LogP contribution in [0.3, 0.4) is 0 Å². The molecule has 5 rings (SSSR count). The maximum Gasteiger partial charge on any atom is 0.417 e. The molecule has 1 aromatic heterocycles. The molecule has 3 unspecified atom stereocenters. The van der Waals surface area contributed by atoms with Crippen molar-refractivity contribution in [2.24, 2.45) is 11.0 Å². The molecule has 0 spiro atoms. The molecule has 3 aliphatic rings. The number of halogens is 3. The first-order valence-corrected chi connectivity index (χ1v) is 10.4. The van der Waals surface area contributed by atoms with Crippen LogP contribution in [0.4, 0.5) is 18.9 Å². The van der Waals surface area contributed by atoms with Gasteiger partial charge in [0.2, 0.25) is 5.88 Å². The lowest BCUT2D eigenvalue weighted by atomic mass is 10.1. The van der Waals surface area contributed by atoms with Gasteiger partial charge >= 0.3 is 6.18 Å². The van der Waals surface area contributed by atoms with Gasteiger partial charge in [0.15, 0.2) is 0 Å². The summed E-state index contributed by atoms with van der Waals surface area (Å²) in [6.45, 7) is 1.30. The molecule has 2 fully saturated rings. The quantitative estimate of drug-likeness (QED) is 0.722. The third kappa shape index (κ3) is 3.68. The normalized spacial score (nSPS) is 25.1. The molecular formula is C22H22F3N5O2. The highest BCUT2D eigenvalue weighted by molar-refractivity contribution is 6.00. The second-order valence-corrected chi connectivity index (χ2v) is 8.35. The summed E-state index contributed by atoms with van der Waals surface area (Å²) in [4.78, 5) is 19.1. The summed E-state index contributed by atoms with van der Waals surface area (Å²) in [5, 5.41) is 7.97. The van der Waals surface area contributed by atoms with Crippen molar-refractivity contribution >= 4 is 17.8 Å². The Morgan fingerprint density at radius 1 is 1.16 bits per heavy atom. The summed E-state index contributed by atoms with van der Waals surface area (Å²) in [5.74, 6) is 0.330. The number of amides is 1. The lowest BCUT2D eigenvalue weighted by molar-refractivity contribution is -0.137. The third-order valence-electron chi connectivity index (χ3n) is 6.23. The SMILES string of the molecule is CN1CC=NN1c1ccccc1C(=O)N1CC2CC(Oc3ccc(C(F)(F)F)cn3)C1C2. The van der Waals surface area contributed by atoms with E-state index in [1.807, 2.05) is 35.2 Å². The van der Waals surface area contributed by atoms with Gasteiger partial charge in [-0.1, -0.05) is 12.1 Å². The topological polar surface area (TPSA) is 61.3 Å². The van der Waals surface area contributed by atoms with Gasteiger partial charge in [-0.2, -0.15) is 28.4 Å². The molecule has 1 aliphatic carbocycles. The molecule has 1 saturated carbocycles. The van der Waals surface area contributed by atoms with E-state index in [-0.39, 0.29) is 23.9 Å². The van der Waals surface area contributed by atoms with Crippen LogP contribution in [0, 0.1) is 5.92 Å². The van der Waals surface area contributed by atoms with Gasteiger partial charge in [0.1, 0.15) is 6.10 Å². The molecule has 1 aromatic carbocycles. The minimum atomic E-state index is -4.44. The number of nitrogens with zero attached hydrogens (tertiary/aromatic N) is 5. The largest absolute Gasteiger partial charge is 0.472 e. The fourth-order valence-electron chi connectivity index (χ4n) is 4.73. The number of likely N-dealkylation sites (tertiary alicyclic amines) is 1. The Kier molecular flexibility index (Phi) is 5.04. The van der Waals surface area contributed by atoms with Crippen molar-refractivity contribution in [2.45, 2.75) is 31.2 Å². The number of benzene rings is 1. The van der Waals surface area contributed by atoms with Crippen molar-refractivity contribution in [1.82, 2.24) is 14.9 Å². The smallest absolute Gasteiger partial charge is 0.417 e. The highest BCUT2D eigenvalue weighted by atomic mass is 19.4. The number of ether oxygens (including phenoxy) is 1. The molecule has 2 aliphatic heterocycles. The van der Waals surface area contributed by atoms with Crippen LogP contribution in [0.2, 0.25) is 0 Å². The Morgan fingerprint density at radius 3 is 2.62 bits per heavy atom. The standard InChI is InChI=1S/C22H22F3N5O2/c1-28-9-8-27-30(28)17-5-3-2-4-16(17)21(31)29-13-14-10-18(29)19(11-14)32-20-7-6-15(12-26-20)22(23,24)25/h2-8,12,14,18-19H,9-11,13H2,1H3. The van der Waals surface area contributed by atoms with Gasteiger partial charge in [0.25, 0.3) is 5.91 Å². The Hall–Kier alpha value is -3.14. The number of alkyl halides is 3. The Morgan fingerprint density at radius 2 is 1.97 bits per heavy atom. The maximum atomic E-state index is 13.5. The van der Waals surface area contributed by atoms with Crippen molar-refractivity contribution in [3.8, 4) is 5.88 Å². The van der Waals surface area contributed by atoms with Gasteiger partial charge in [-0.3, -0.25) is 4.79 Å². The van der Waals surface area contributed by atoms with Gasteiger partial charge < -0.3 is 9.64 Å². The Labute approximate surface area is 183 Å². The Balaban J connectivity index is 1.33. The van der Waals surface area contributed by atoms with Gasteiger partial charge in [-0.05, 0) is 37.0 Å². The summed E-state index contributed by atoms with van der Waals surface area (Å²) >= 11 is 0. The van der Waals surface area contributed by atoms with Crippen molar-refractivity contribution < 1.29 is 22.7 Å². The molecule has 1 amide bonds. The number of carbonyl (C=O) groups is 1. The van der Waals surface area contributed by atoms with E-state index in [1.165, 1.54) is 6.07 Å². The molecule has 168 valence electrons. The van der Waals surface area contributed by atoms with Crippen LogP contribution in [0.1, 0.15) is 28.8 Å². The first-order valence-electron chi connectivity index (χ1n) is 10.4. The third-order valence-corrected chi connectivity index (χ3v) is 6.23. The highest BCUT2D eigenvalue weighted by Gasteiger charge is 2.49. The minimum Gasteiger partial charge on any atom is -0.472 e.